The van der Waals surface area contributed by atoms with E-state index < -0.39 is 17.8 Å². The Morgan fingerprint density at radius 2 is 1.85 bits per heavy atom. The maximum Gasteiger partial charge on any atom is 0.416 e. The van der Waals surface area contributed by atoms with Crippen molar-refractivity contribution in [2.75, 3.05) is 17.2 Å². The molecule has 0 aliphatic heterocycles. The number of anilines is 1. The number of carbonyl (C=O) groups excluding carboxylic acids is 1. The third-order valence-corrected chi connectivity index (χ3v) is 4.39. The largest absolute Gasteiger partial charge is 0.416 e. The third-order valence-electron chi connectivity index (χ3n) is 3.47. The van der Waals surface area contributed by atoms with Crippen molar-refractivity contribution in [2.45, 2.75) is 37.6 Å². The van der Waals surface area contributed by atoms with Crippen LogP contribution in [0.15, 0.2) is 35.7 Å². The Morgan fingerprint density at radius 1 is 1.23 bits per heavy atom. The summed E-state index contributed by atoms with van der Waals surface area (Å²) in [6.07, 6.45) is -2.97. The highest BCUT2D eigenvalue weighted by Gasteiger charge is 2.30. The molecule has 142 valence electrons. The first-order chi connectivity index (χ1) is 12.0. The molecule has 6 nitrogen and oxygen atoms in total. The number of hydrogen-bond acceptors (Lipinski definition) is 4. The van der Waals surface area contributed by atoms with Crippen molar-refractivity contribution in [2.24, 2.45) is 5.73 Å². The predicted molar refractivity (Wildman–Crippen MR) is 94.1 cm³/mol. The molecule has 0 spiro atoms. The Hall–Kier alpha value is -2.23. The summed E-state index contributed by atoms with van der Waals surface area (Å²) in [6.45, 7) is 6.19. The van der Waals surface area contributed by atoms with Gasteiger partial charge in [-0.15, -0.1) is 0 Å². The van der Waals surface area contributed by atoms with Gasteiger partial charge in [0.1, 0.15) is 6.33 Å². The van der Waals surface area contributed by atoms with Gasteiger partial charge in [-0.2, -0.15) is 18.3 Å². The number of nitrogens with two attached hydrogens (primary N) is 1. The Kier molecular flexibility index (Phi) is 5.84. The molecule has 2 amide bonds. The predicted octanol–water partition coefficient (Wildman–Crippen LogP) is 3.73. The lowest BCUT2D eigenvalue weighted by Gasteiger charge is -2.22. The van der Waals surface area contributed by atoms with Crippen molar-refractivity contribution in [1.29, 1.82) is 0 Å². The number of alkyl halides is 3. The van der Waals surface area contributed by atoms with E-state index in [0.29, 0.717) is 16.6 Å². The van der Waals surface area contributed by atoms with E-state index in [1.807, 2.05) is 20.8 Å². The smallest absolute Gasteiger partial charge is 0.351 e. The minimum atomic E-state index is -4.43. The quantitative estimate of drug-likeness (QED) is 0.793. The lowest BCUT2D eigenvalue weighted by Crippen LogP contribution is -2.37. The topological polar surface area (TPSA) is 77.0 Å². The van der Waals surface area contributed by atoms with Crippen LogP contribution in [0.3, 0.4) is 0 Å². The molecule has 1 heterocycles. The number of aromatic nitrogens is 3. The van der Waals surface area contributed by atoms with Crippen molar-refractivity contribution >= 4 is 23.5 Å². The van der Waals surface area contributed by atoms with Gasteiger partial charge in [0.2, 0.25) is 0 Å². The molecule has 0 atom stereocenters. The zero-order valence-corrected chi connectivity index (χ0v) is 15.4. The molecular weight excluding hydrogens is 367 g/mol. The number of carbonyl (C=O) groups is 1. The van der Waals surface area contributed by atoms with Gasteiger partial charge in [0.15, 0.2) is 5.16 Å². The van der Waals surface area contributed by atoms with E-state index in [9.17, 15) is 18.0 Å². The molecule has 2 N–H and O–H groups in total. The number of amides is 2. The monoisotopic (exact) mass is 387 g/mol. The average molecular weight is 387 g/mol. The van der Waals surface area contributed by atoms with E-state index in [2.05, 4.69) is 10.1 Å². The van der Waals surface area contributed by atoms with Gasteiger partial charge in [0.25, 0.3) is 0 Å². The summed E-state index contributed by atoms with van der Waals surface area (Å²) in [5.74, 6) is 0.457. The van der Waals surface area contributed by atoms with Gasteiger partial charge in [-0.25, -0.2) is 14.5 Å². The maximum atomic E-state index is 12.6. The van der Waals surface area contributed by atoms with Crippen LogP contribution in [0.4, 0.5) is 23.7 Å². The van der Waals surface area contributed by atoms with Crippen LogP contribution in [0.2, 0.25) is 0 Å². The summed E-state index contributed by atoms with van der Waals surface area (Å²) >= 11 is 1.39. The van der Waals surface area contributed by atoms with E-state index in [1.165, 1.54) is 35.1 Å². The van der Waals surface area contributed by atoms with Gasteiger partial charge in [0, 0.05) is 18.0 Å². The summed E-state index contributed by atoms with van der Waals surface area (Å²) in [6, 6.07) is 3.58. The lowest BCUT2D eigenvalue weighted by atomic mass is 10.1. The van der Waals surface area contributed by atoms with Gasteiger partial charge < -0.3 is 5.73 Å². The summed E-state index contributed by atoms with van der Waals surface area (Å²) < 4.78 is 39.7. The van der Waals surface area contributed by atoms with E-state index in [4.69, 9.17) is 5.73 Å². The van der Waals surface area contributed by atoms with Crippen LogP contribution in [0, 0.1) is 0 Å². The molecule has 0 aliphatic rings. The molecule has 1 aromatic carbocycles. The second kappa shape index (κ2) is 7.56. The van der Waals surface area contributed by atoms with Crippen LogP contribution in [-0.4, -0.2) is 33.1 Å². The first kappa shape index (κ1) is 20.1. The third kappa shape index (κ3) is 4.90. The summed E-state index contributed by atoms with van der Waals surface area (Å²) in [4.78, 5) is 17.1. The van der Waals surface area contributed by atoms with Gasteiger partial charge in [-0.1, -0.05) is 11.8 Å². The van der Waals surface area contributed by atoms with Crippen LogP contribution in [0.25, 0.3) is 0 Å². The summed E-state index contributed by atoms with van der Waals surface area (Å²) in [5.41, 5.74) is 4.66. The van der Waals surface area contributed by atoms with Crippen molar-refractivity contribution < 1.29 is 18.0 Å². The number of primary amides is 1. The van der Waals surface area contributed by atoms with Crippen molar-refractivity contribution in [1.82, 2.24) is 14.8 Å². The van der Waals surface area contributed by atoms with Gasteiger partial charge >= 0.3 is 12.2 Å². The van der Waals surface area contributed by atoms with Crippen molar-refractivity contribution in [3.05, 3.63) is 36.2 Å². The number of benzene rings is 1. The molecule has 1 aromatic heterocycles. The van der Waals surface area contributed by atoms with Crippen LogP contribution in [0.1, 0.15) is 26.3 Å². The highest BCUT2D eigenvalue weighted by molar-refractivity contribution is 7.99. The highest BCUT2D eigenvalue weighted by Crippen LogP contribution is 2.30. The van der Waals surface area contributed by atoms with Gasteiger partial charge in [-0.3, -0.25) is 4.90 Å². The summed E-state index contributed by atoms with van der Waals surface area (Å²) in [7, 11) is 0. The average Bonchev–Trinajstić information content (AvgIpc) is 2.99. The van der Waals surface area contributed by atoms with Crippen LogP contribution >= 0.6 is 11.8 Å². The molecule has 10 heteroatoms. The van der Waals surface area contributed by atoms with E-state index >= 15 is 0 Å². The normalized spacial score (nSPS) is 12.2. The molecule has 2 rings (SSSR count). The van der Waals surface area contributed by atoms with Crippen LogP contribution in [0.5, 0.6) is 0 Å². The summed E-state index contributed by atoms with van der Waals surface area (Å²) in [5, 5.41) is 4.87. The zero-order valence-electron chi connectivity index (χ0n) is 14.6. The molecule has 2 aromatic rings. The molecule has 0 saturated carbocycles. The Bertz CT molecular complexity index is 752. The molecule has 0 unspecified atom stereocenters. The minimum Gasteiger partial charge on any atom is -0.351 e. The van der Waals surface area contributed by atoms with Gasteiger partial charge in [-0.05, 0) is 45.0 Å². The van der Waals surface area contributed by atoms with E-state index in [-0.39, 0.29) is 12.1 Å². The zero-order chi connectivity index (χ0) is 19.5. The minimum absolute atomic E-state index is 0.225. The Labute approximate surface area is 153 Å². The number of nitrogens with zero attached hydrogens (tertiary/aromatic N) is 4. The fourth-order valence-corrected chi connectivity index (χ4v) is 3.24. The number of halogens is 3. The number of hydrogen-bond donors (Lipinski definition) is 1. The molecule has 0 bridgehead atoms. The molecular formula is C16H20F3N5OS. The fraction of sp³-hybridized carbons (Fsp3) is 0.438. The molecule has 0 saturated heterocycles. The second-order valence-electron chi connectivity index (χ2n) is 6.51. The number of urea groups is 1. The van der Waals surface area contributed by atoms with Crippen molar-refractivity contribution in [3.8, 4) is 0 Å². The van der Waals surface area contributed by atoms with Crippen LogP contribution in [-0.2, 0) is 11.7 Å². The van der Waals surface area contributed by atoms with Crippen LogP contribution < -0.4 is 10.6 Å². The number of thioether (sulfide) groups is 1. The first-order valence-corrected chi connectivity index (χ1v) is 8.76. The standard InChI is InChI=1S/C16H20F3N5OS/c1-15(2,3)24-14(21-10-22-24)26-9-8-23(13(20)25)12-6-4-11(5-7-12)16(17,18)19/h4-7,10H,8-9H2,1-3H3,(H2,20,25). The second-order valence-corrected chi connectivity index (χ2v) is 7.57. The maximum absolute atomic E-state index is 12.6. The first-order valence-electron chi connectivity index (χ1n) is 7.77. The SMILES string of the molecule is CC(C)(C)n1ncnc1SCCN(C(N)=O)c1ccc(C(F)(F)F)cc1. The fourth-order valence-electron chi connectivity index (χ4n) is 2.21. The Morgan fingerprint density at radius 3 is 2.35 bits per heavy atom. The molecule has 0 radical (unpaired) electrons. The van der Waals surface area contributed by atoms with Crippen molar-refractivity contribution in [3.63, 3.8) is 0 Å². The molecule has 26 heavy (non-hydrogen) atoms. The lowest BCUT2D eigenvalue weighted by molar-refractivity contribution is -0.137. The highest BCUT2D eigenvalue weighted by atomic mass is 32.2. The Balaban J connectivity index is 2.06. The molecule has 0 aliphatic carbocycles. The van der Waals surface area contributed by atoms with E-state index in [0.717, 1.165) is 12.1 Å². The number of rotatable bonds is 5. The van der Waals surface area contributed by atoms with E-state index in [1.54, 1.807) is 4.68 Å². The van der Waals surface area contributed by atoms with Gasteiger partial charge in [0.05, 0.1) is 11.1 Å². The molecule has 0 fully saturated rings.